The van der Waals surface area contributed by atoms with Crippen LogP contribution in [-0.2, 0) is 0 Å². The van der Waals surface area contributed by atoms with Crippen LogP contribution in [0.4, 0.5) is 0 Å². The van der Waals surface area contributed by atoms with E-state index in [4.69, 9.17) is 4.42 Å². The third-order valence-electron chi connectivity index (χ3n) is 3.41. The van der Waals surface area contributed by atoms with Crippen LogP contribution >= 0.6 is 0 Å². The zero-order chi connectivity index (χ0) is 13.4. The van der Waals surface area contributed by atoms with Gasteiger partial charge in [-0.15, -0.1) is 0 Å². The highest BCUT2D eigenvalue weighted by molar-refractivity contribution is 6.11. The molecule has 94 valence electrons. The number of hydrogen-bond acceptors (Lipinski definition) is 2. The lowest BCUT2D eigenvalue weighted by Crippen LogP contribution is -2.06. The molecule has 2 aromatic rings. The summed E-state index contributed by atoms with van der Waals surface area (Å²) >= 11 is 0. The van der Waals surface area contributed by atoms with Crippen molar-refractivity contribution in [3.63, 3.8) is 0 Å². The highest BCUT2D eigenvalue weighted by Crippen LogP contribution is 2.25. The first kappa shape index (κ1) is 12.6. The van der Waals surface area contributed by atoms with Gasteiger partial charge in [-0.1, -0.05) is 23.8 Å². The van der Waals surface area contributed by atoms with Gasteiger partial charge in [0.05, 0.1) is 5.56 Å². The second kappa shape index (κ2) is 4.45. The van der Waals surface area contributed by atoms with Crippen LogP contribution in [0.1, 0.15) is 44.1 Å². The Morgan fingerprint density at radius 3 is 2.17 bits per heavy atom. The van der Waals surface area contributed by atoms with Crippen LogP contribution < -0.4 is 0 Å². The van der Waals surface area contributed by atoms with E-state index in [0.29, 0.717) is 11.3 Å². The molecule has 18 heavy (non-hydrogen) atoms. The summed E-state index contributed by atoms with van der Waals surface area (Å²) in [5, 5.41) is 0. The van der Waals surface area contributed by atoms with E-state index in [1.54, 1.807) is 0 Å². The van der Waals surface area contributed by atoms with Gasteiger partial charge in [-0.3, -0.25) is 4.79 Å². The molecule has 1 aromatic heterocycles. The van der Waals surface area contributed by atoms with Crippen molar-refractivity contribution in [3.05, 3.63) is 57.5 Å². The molecular weight excluding hydrogens is 224 g/mol. The van der Waals surface area contributed by atoms with E-state index in [2.05, 4.69) is 0 Å². The van der Waals surface area contributed by atoms with Crippen LogP contribution in [0.15, 0.2) is 22.6 Å². The number of ketones is 1. The van der Waals surface area contributed by atoms with Gasteiger partial charge < -0.3 is 4.42 Å². The predicted molar refractivity (Wildman–Crippen MR) is 72.3 cm³/mol. The zero-order valence-corrected chi connectivity index (χ0v) is 11.5. The Balaban J connectivity index is 2.55. The normalized spacial score (nSPS) is 10.7. The third kappa shape index (κ3) is 1.99. The smallest absolute Gasteiger partial charge is 0.197 e. The van der Waals surface area contributed by atoms with Gasteiger partial charge in [0.25, 0.3) is 0 Å². The minimum atomic E-state index is 0.0550. The molecule has 0 atom stereocenters. The molecule has 0 aliphatic rings. The molecule has 0 saturated heterocycles. The molecule has 0 aliphatic carbocycles. The topological polar surface area (TPSA) is 30.2 Å². The van der Waals surface area contributed by atoms with Crippen molar-refractivity contribution >= 4 is 5.78 Å². The molecule has 0 amide bonds. The van der Waals surface area contributed by atoms with Crippen LogP contribution in [0.2, 0.25) is 0 Å². The van der Waals surface area contributed by atoms with E-state index in [1.165, 1.54) is 5.56 Å². The fourth-order valence-electron chi connectivity index (χ4n) is 2.33. The number of aryl methyl sites for hydroxylation is 4. The molecular formula is C16H18O2. The van der Waals surface area contributed by atoms with Gasteiger partial charge in [0.1, 0.15) is 11.5 Å². The molecule has 0 radical (unpaired) electrons. The number of benzene rings is 1. The zero-order valence-electron chi connectivity index (χ0n) is 11.5. The van der Waals surface area contributed by atoms with E-state index in [1.807, 2.05) is 52.8 Å². The van der Waals surface area contributed by atoms with Crippen molar-refractivity contribution in [2.24, 2.45) is 0 Å². The Morgan fingerprint density at radius 1 is 1.00 bits per heavy atom. The predicted octanol–water partition coefficient (Wildman–Crippen LogP) is 4.05. The van der Waals surface area contributed by atoms with Gasteiger partial charge in [-0.2, -0.15) is 0 Å². The van der Waals surface area contributed by atoms with Crippen molar-refractivity contribution in [2.75, 3.05) is 0 Å². The summed E-state index contributed by atoms with van der Waals surface area (Å²) in [4.78, 5) is 12.6. The molecule has 0 saturated carbocycles. The Morgan fingerprint density at radius 2 is 1.67 bits per heavy atom. The Labute approximate surface area is 108 Å². The molecule has 1 aromatic carbocycles. The number of carbonyl (C=O) groups is 1. The Kier molecular flexibility index (Phi) is 3.12. The van der Waals surface area contributed by atoms with Crippen LogP contribution in [-0.4, -0.2) is 5.78 Å². The second-order valence-corrected chi connectivity index (χ2v) is 4.86. The molecule has 2 rings (SSSR count). The van der Waals surface area contributed by atoms with E-state index >= 15 is 0 Å². The fraction of sp³-hybridized carbons (Fsp3) is 0.312. The summed E-state index contributed by atoms with van der Waals surface area (Å²) < 4.78 is 5.53. The molecule has 0 fully saturated rings. The summed E-state index contributed by atoms with van der Waals surface area (Å²) in [6, 6.07) is 5.90. The van der Waals surface area contributed by atoms with Crippen LogP contribution in [0, 0.1) is 34.6 Å². The van der Waals surface area contributed by atoms with Gasteiger partial charge in [-0.05, 0) is 40.2 Å². The Hall–Kier alpha value is -1.83. The molecule has 0 unspecified atom stereocenters. The highest BCUT2D eigenvalue weighted by atomic mass is 16.3. The first-order valence-electron chi connectivity index (χ1n) is 6.10. The highest BCUT2D eigenvalue weighted by Gasteiger charge is 2.20. The molecule has 0 bridgehead atoms. The van der Waals surface area contributed by atoms with Crippen LogP contribution in [0.25, 0.3) is 0 Å². The van der Waals surface area contributed by atoms with Gasteiger partial charge in [0.2, 0.25) is 0 Å². The molecule has 0 aliphatic heterocycles. The maximum atomic E-state index is 12.6. The first-order valence-corrected chi connectivity index (χ1v) is 6.10. The fourth-order valence-corrected chi connectivity index (χ4v) is 2.33. The van der Waals surface area contributed by atoms with Crippen LogP contribution in [0.5, 0.6) is 0 Å². The molecule has 2 nitrogen and oxygen atoms in total. The number of rotatable bonds is 2. The number of hydrogen-bond donors (Lipinski definition) is 0. The van der Waals surface area contributed by atoms with Gasteiger partial charge in [0, 0.05) is 11.1 Å². The summed E-state index contributed by atoms with van der Waals surface area (Å²) in [6.45, 7) is 9.66. The van der Waals surface area contributed by atoms with Crippen molar-refractivity contribution < 1.29 is 9.21 Å². The largest absolute Gasteiger partial charge is 0.466 e. The lowest BCUT2D eigenvalue weighted by atomic mass is 9.95. The number of furan rings is 1. The summed E-state index contributed by atoms with van der Waals surface area (Å²) in [6.07, 6.45) is 0. The summed E-state index contributed by atoms with van der Waals surface area (Å²) in [7, 11) is 0. The van der Waals surface area contributed by atoms with Gasteiger partial charge >= 0.3 is 0 Å². The lowest BCUT2D eigenvalue weighted by molar-refractivity contribution is 0.103. The lowest BCUT2D eigenvalue weighted by Gasteiger charge is -2.06. The third-order valence-corrected chi connectivity index (χ3v) is 3.41. The average molecular weight is 242 g/mol. The van der Waals surface area contributed by atoms with Gasteiger partial charge in [-0.25, -0.2) is 0 Å². The molecule has 1 heterocycles. The molecule has 0 N–H and O–H groups in total. The minimum absolute atomic E-state index is 0.0550. The average Bonchev–Trinajstić information content (AvgIpc) is 2.52. The van der Waals surface area contributed by atoms with Crippen molar-refractivity contribution in [2.45, 2.75) is 34.6 Å². The Bertz CT molecular complexity index is 618. The van der Waals surface area contributed by atoms with Gasteiger partial charge in [0.15, 0.2) is 5.78 Å². The maximum Gasteiger partial charge on any atom is 0.197 e. The van der Waals surface area contributed by atoms with E-state index in [0.717, 1.165) is 22.5 Å². The quantitative estimate of drug-likeness (QED) is 0.743. The maximum absolute atomic E-state index is 12.6. The number of carbonyl (C=O) groups excluding carboxylic acids is 1. The van der Waals surface area contributed by atoms with Crippen molar-refractivity contribution in [1.29, 1.82) is 0 Å². The minimum Gasteiger partial charge on any atom is -0.466 e. The second-order valence-electron chi connectivity index (χ2n) is 4.86. The summed E-state index contributed by atoms with van der Waals surface area (Å²) in [5.41, 5.74) is 4.59. The van der Waals surface area contributed by atoms with E-state index in [9.17, 15) is 4.79 Å². The monoisotopic (exact) mass is 242 g/mol. The van der Waals surface area contributed by atoms with Crippen LogP contribution in [0.3, 0.4) is 0 Å². The molecule has 2 heteroatoms. The summed E-state index contributed by atoms with van der Waals surface area (Å²) in [5.74, 6) is 1.58. The van der Waals surface area contributed by atoms with E-state index < -0.39 is 0 Å². The van der Waals surface area contributed by atoms with E-state index in [-0.39, 0.29) is 5.78 Å². The molecule has 0 spiro atoms. The standard InChI is InChI=1S/C16H18O2/c1-9-6-7-14(10(2)8-9)16(17)15-11(3)12(4)18-13(15)5/h6-8H,1-5H3. The van der Waals surface area contributed by atoms with Crippen molar-refractivity contribution in [1.82, 2.24) is 0 Å². The first-order chi connectivity index (χ1) is 8.41. The SMILES string of the molecule is Cc1ccc(C(=O)c2c(C)oc(C)c2C)c(C)c1. The van der Waals surface area contributed by atoms with Crippen molar-refractivity contribution in [3.8, 4) is 0 Å².